The Balaban J connectivity index is 1.91. The molecule has 0 aliphatic carbocycles. The Labute approximate surface area is 150 Å². The molecule has 8 heteroatoms. The number of hydrogen-bond acceptors (Lipinski definition) is 4. The number of amides is 1. The van der Waals surface area contributed by atoms with E-state index in [4.69, 9.17) is 0 Å². The third-order valence-corrected chi connectivity index (χ3v) is 5.72. The van der Waals surface area contributed by atoms with E-state index in [-0.39, 0.29) is 16.0 Å². The molecule has 0 saturated heterocycles. The maximum Gasteiger partial charge on any atom is 0.256 e. The van der Waals surface area contributed by atoms with E-state index in [0.717, 1.165) is 4.31 Å². The van der Waals surface area contributed by atoms with Gasteiger partial charge in [-0.3, -0.25) is 9.59 Å². The summed E-state index contributed by atoms with van der Waals surface area (Å²) in [4.78, 5) is 27.2. The zero-order valence-electron chi connectivity index (χ0n) is 14.2. The number of rotatable bonds is 4. The van der Waals surface area contributed by atoms with Gasteiger partial charge < -0.3 is 10.3 Å². The SMILES string of the molecule is CN(C)S(=O)(=O)c1ccc(NC(=O)c2cc(=O)[nH]c3ccccc23)cc1. The third-order valence-electron chi connectivity index (χ3n) is 3.89. The fraction of sp³-hybridized carbons (Fsp3) is 0.111. The first-order chi connectivity index (χ1) is 12.3. The Morgan fingerprint density at radius 1 is 1.04 bits per heavy atom. The summed E-state index contributed by atoms with van der Waals surface area (Å²) in [6.07, 6.45) is 0. The van der Waals surface area contributed by atoms with Crippen LogP contribution in [0, 0.1) is 0 Å². The van der Waals surface area contributed by atoms with Crippen LogP contribution in [-0.4, -0.2) is 37.7 Å². The van der Waals surface area contributed by atoms with Crippen molar-refractivity contribution in [3.05, 3.63) is 70.5 Å². The van der Waals surface area contributed by atoms with Crippen molar-refractivity contribution in [2.75, 3.05) is 19.4 Å². The lowest BCUT2D eigenvalue weighted by atomic mass is 10.1. The summed E-state index contributed by atoms with van der Waals surface area (Å²) in [7, 11) is -0.639. The van der Waals surface area contributed by atoms with Crippen LogP contribution in [0.4, 0.5) is 5.69 Å². The maximum atomic E-state index is 12.6. The second-order valence-electron chi connectivity index (χ2n) is 5.86. The number of para-hydroxylation sites is 1. The van der Waals surface area contributed by atoms with Gasteiger partial charge >= 0.3 is 0 Å². The van der Waals surface area contributed by atoms with Crippen molar-refractivity contribution in [2.45, 2.75) is 4.90 Å². The predicted molar refractivity (Wildman–Crippen MR) is 99.8 cm³/mol. The number of hydrogen-bond donors (Lipinski definition) is 2. The summed E-state index contributed by atoms with van der Waals surface area (Å²) < 4.78 is 25.3. The zero-order valence-corrected chi connectivity index (χ0v) is 15.0. The standard InChI is InChI=1S/C18H17N3O4S/c1-21(2)26(24,25)13-9-7-12(8-10-13)19-18(23)15-11-17(22)20-16-6-4-3-5-14(15)16/h3-11H,1-2H3,(H,19,23)(H,20,22). The van der Waals surface area contributed by atoms with Crippen molar-refractivity contribution in [3.8, 4) is 0 Å². The van der Waals surface area contributed by atoms with Crippen molar-refractivity contribution in [3.63, 3.8) is 0 Å². The maximum absolute atomic E-state index is 12.6. The Morgan fingerprint density at radius 2 is 1.69 bits per heavy atom. The molecule has 2 N–H and O–H groups in total. The number of nitrogens with one attached hydrogen (secondary N) is 2. The van der Waals surface area contributed by atoms with Gasteiger partial charge in [-0.2, -0.15) is 0 Å². The summed E-state index contributed by atoms with van der Waals surface area (Å²) >= 11 is 0. The fourth-order valence-electron chi connectivity index (χ4n) is 2.51. The molecule has 7 nitrogen and oxygen atoms in total. The number of nitrogens with zero attached hydrogens (tertiary/aromatic N) is 1. The van der Waals surface area contributed by atoms with E-state index in [2.05, 4.69) is 10.3 Å². The normalized spacial score (nSPS) is 11.7. The van der Waals surface area contributed by atoms with Gasteiger partial charge in [0, 0.05) is 36.8 Å². The number of aromatic nitrogens is 1. The minimum absolute atomic E-state index is 0.127. The topological polar surface area (TPSA) is 99.3 Å². The molecule has 1 heterocycles. The van der Waals surface area contributed by atoms with Gasteiger partial charge in [-0.25, -0.2) is 12.7 Å². The summed E-state index contributed by atoms with van der Waals surface area (Å²) in [5, 5.41) is 3.31. The summed E-state index contributed by atoms with van der Waals surface area (Å²) in [6, 6.07) is 14.1. The van der Waals surface area contributed by atoms with E-state index in [1.165, 1.54) is 44.4 Å². The average molecular weight is 371 g/mol. The highest BCUT2D eigenvalue weighted by molar-refractivity contribution is 7.89. The van der Waals surface area contributed by atoms with Gasteiger partial charge in [0.25, 0.3) is 5.91 Å². The van der Waals surface area contributed by atoms with Crippen LogP contribution in [0.5, 0.6) is 0 Å². The van der Waals surface area contributed by atoms with E-state index < -0.39 is 15.9 Å². The first-order valence-electron chi connectivity index (χ1n) is 7.75. The predicted octanol–water partition coefficient (Wildman–Crippen LogP) is 2.03. The van der Waals surface area contributed by atoms with Crippen molar-refractivity contribution in [1.82, 2.24) is 9.29 Å². The van der Waals surface area contributed by atoms with E-state index >= 15 is 0 Å². The lowest BCUT2D eigenvalue weighted by Gasteiger charge is -2.12. The second-order valence-corrected chi connectivity index (χ2v) is 8.01. The van der Waals surface area contributed by atoms with Gasteiger partial charge in [0.15, 0.2) is 0 Å². The molecule has 0 atom stereocenters. The highest BCUT2D eigenvalue weighted by Crippen LogP contribution is 2.19. The molecule has 0 aliphatic rings. The fourth-order valence-corrected chi connectivity index (χ4v) is 3.41. The number of benzene rings is 2. The first kappa shape index (κ1) is 17.8. The highest BCUT2D eigenvalue weighted by Gasteiger charge is 2.17. The molecule has 134 valence electrons. The average Bonchev–Trinajstić information content (AvgIpc) is 2.61. The highest BCUT2D eigenvalue weighted by atomic mass is 32.2. The minimum Gasteiger partial charge on any atom is -0.322 e. The molecule has 2 aromatic carbocycles. The zero-order chi connectivity index (χ0) is 18.9. The van der Waals surface area contributed by atoms with Crippen molar-refractivity contribution < 1.29 is 13.2 Å². The Hall–Kier alpha value is -2.97. The van der Waals surface area contributed by atoms with Crippen LogP contribution in [0.1, 0.15) is 10.4 Å². The smallest absolute Gasteiger partial charge is 0.256 e. The molecule has 0 bridgehead atoms. The van der Waals surface area contributed by atoms with Crippen LogP contribution in [-0.2, 0) is 10.0 Å². The quantitative estimate of drug-likeness (QED) is 0.733. The third kappa shape index (κ3) is 3.37. The Kier molecular flexibility index (Phi) is 4.62. The van der Waals surface area contributed by atoms with Crippen LogP contribution in [0.2, 0.25) is 0 Å². The number of pyridine rings is 1. The van der Waals surface area contributed by atoms with E-state index in [0.29, 0.717) is 16.6 Å². The summed E-state index contributed by atoms with van der Waals surface area (Å²) in [5.41, 5.74) is 0.866. The van der Waals surface area contributed by atoms with Crippen molar-refractivity contribution >= 4 is 32.5 Å². The number of aromatic amines is 1. The number of fused-ring (bicyclic) bond motifs is 1. The van der Waals surface area contributed by atoms with Crippen molar-refractivity contribution in [2.24, 2.45) is 0 Å². The summed E-state index contributed by atoms with van der Waals surface area (Å²) in [5.74, 6) is -0.449. The minimum atomic E-state index is -3.53. The molecular formula is C18H17N3O4S. The molecule has 1 aromatic heterocycles. The summed E-state index contributed by atoms with van der Waals surface area (Å²) in [6.45, 7) is 0. The molecule has 3 rings (SSSR count). The lowest BCUT2D eigenvalue weighted by Crippen LogP contribution is -2.22. The number of carbonyl (C=O) groups excluding carboxylic acids is 1. The Morgan fingerprint density at radius 3 is 2.35 bits per heavy atom. The monoisotopic (exact) mass is 371 g/mol. The Bertz CT molecular complexity index is 1130. The lowest BCUT2D eigenvalue weighted by molar-refractivity contribution is 0.102. The van der Waals surface area contributed by atoms with Gasteiger partial charge in [-0.05, 0) is 30.3 Å². The molecule has 0 spiro atoms. The van der Waals surface area contributed by atoms with Gasteiger partial charge in [0.1, 0.15) is 0 Å². The van der Waals surface area contributed by atoms with Crippen LogP contribution >= 0.6 is 0 Å². The number of H-pyrrole nitrogens is 1. The molecule has 3 aromatic rings. The first-order valence-corrected chi connectivity index (χ1v) is 9.19. The van der Waals surface area contributed by atoms with Gasteiger partial charge in [0.05, 0.1) is 10.5 Å². The number of carbonyl (C=O) groups is 1. The molecule has 0 aliphatic heterocycles. The van der Waals surface area contributed by atoms with Gasteiger partial charge in [-0.1, -0.05) is 18.2 Å². The van der Waals surface area contributed by atoms with Crippen LogP contribution in [0.25, 0.3) is 10.9 Å². The van der Waals surface area contributed by atoms with Gasteiger partial charge in [-0.15, -0.1) is 0 Å². The molecule has 0 fully saturated rings. The second kappa shape index (κ2) is 6.74. The molecule has 0 radical (unpaired) electrons. The van der Waals surface area contributed by atoms with E-state index in [9.17, 15) is 18.0 Å². The van der Waals surface area contributed by atoms with Gasteiger partial charge in [0.2, 0.25) is 15.6 Å². The molecule has 0 unspecified atom stereocenters. The molecular weight excluding hydrogens is 354 g/mol. The number of anilines is 1. The molecule has 1 amide bonds. The molecule has 26 heavy (non-hydrogen) atoms. The molecule has 0 saturated carbocycles. The van der Waals surface area contributed by atoms with Crippen molar-refractivity contribution in [1.29, 1.82) is 0 Å². The number of sulfonamides is 1. The van der Waals surface area contributed by atoms with E-state index in [1.54, 1.807) is 24.3 Å². The van der Waals surface area contributed by atoms with Crippen LogP contribution in [0.3, 0.4) is 0 Å². The van der Waals surface area contributed by atoms with E-state index in [1.807, 2.05) is 0 Å². The largest absolute Gasteiger partial charge is 0.322 e. The van der Waals surface area contributed by atoms with Crippen LogP contribution < -0.4 is 10.9 Å². The van der Waals surface area contributed by atoms with Crippen LogP contribution in [0.15, 0.2) is 64.3 Å².